The molecular formula is C20H22ClN5O. The molecule has 4 rings (SSSR count). The van der Waals surface area contributed by atoms with Crippen LogP contribution in [0.15, 0.2) is 66.9 Å². The highest BCUT2D eigenvalue weighted by Crippen LogP contribution is 2.32. The van der Waals surface area contributed by atoms with E-state index >= 15 is 0 Å². The standard InChI is InChI=1S/C20H21N5O.ClH/c21-11-16-12-24(13-18(16)15-7-3-1-4-8-15)20(26)19-14-25(23-22-19)17-9-5-2-6-10-17;/h1-10,14,16,18H,11-13,21H2;1H/t16-,18+;/m1./s1. The average molecular weight is 384 g/mol. The number of rotatable bonds is 4. The number of aromatic nitrogens is 3. The topological polar surface area (TPSA) is 77.0 Å². The van der Waals surface area contributed by atoms with Gasteiger partial charge in [-0.05, 0) is 30.2 Å². The van der Waals surface area contributed by atoms with Crippen molar-refractivity contribution in [1.29, 1.82) is 0 Å². The van der Waals surface area contributed by atoms with Crippen molar-refractivity contribution >= 4 is 18.3 Å². The van der Waals surface area contributed by atoms with Crippen LogP contribution in [-0.2, 0) is 0 Å². The van der Waals surface area contributed by atoms with Gasteiger partial charge >= 0.3 is 0 Å². The molecule has 1 aliphatic rings. The average Bonchev–Trinajstić information content (AvgIpc) is 3.36. The summed E-state index contributed by atoms with van der Waals surface area (Å²) in [4.78, 5) is 14.7. The Hall–Kier alpha value is -2.70. The van der Waals surface area contributed by atoms with Gasteiger partial charge in [0.2, 0.25) is 0 Å². The normalized spacial score (nSPS) is 18.9. The lowest BCUT2D eigenvalue weighted by molar-refractivity contribution is 0.0780. The van der Waals surface area contributed by atoms with Gasteiger partial charge < -0.3 is 10.6 Å². The molecule has 0 aliphatic carbocycles. The summed E-state index contributed by atoms with van der Waals surface area (Å²) in [5.74, 6) is 0.420. The minimum atomic E-state index is -0.0935. The predicted molar refractivity (Wildman–Crippen MR) is 106 cm³/mol. The quantitative estimate of drug-likeness (QED) is 0.750. The van der Waals surface area contributed by atoms with Crippen molar-refractivity contribution in [3.63, 3.8) is 0 Å². The van der Waals surface area contributed by atoms with Crippen molar-refractivity contribution in [3.8, 4) is 5.69 Å². The zero-order chi connectivity index (χ0) is 17.9. The molecule has 2 heterocycles. The van der Waals surface area contributed by atoms with Crippen LogP contribution < -0.4 is 5.73 Å². The second-order valence-corrected chi connectivity index (χ2v) is 6.61. The Balaban J connectivity index is 0.00000210. The fraction of sp³-hybridized carbons (Fsp3) is 0.250. The van der Waals surface area contributed by atoms with Crippen molar-refractivity contribution in [2.24, 2.45) is 11.7 Å². The van der Waals surface area contributed by atoms with E-state index in [-0.39, 0.29) is 30.2 Å². The molecule has 140 valence electrons. The molecule has 1 saturated heterocycles. The highest BCUT2D eigenvalue weighted by atomic mass is 35.5. The lowest BCUT2D eigenvalue weighted by Gasteiger charge is -2.16. The number of carbonyl (C=O) groups is 1. The summed E-state index contributed by atoms with van der Waals surface area (Å²) in [6.45, 7) is 1.86. The lowest BCUT2D eigenvalue weighted by atomic mass is 9.89. The monoisotopic (exact) mass is 383 g/mol. The van der Waals surface area contributed by atoms with Crippen LogP contribution in [-0.4, -0.2) is 45.4 Å². The Morgan fingerprint density at radius 1 is 1.04 bits per heavy atom. The Kier molecular flexibility index (Phi) is 5.88. The third-order valence-corrected chi connectivity index (χ3v) is 4.99. The number of benzene rings is 2. The van der Waals surface area contributed by atoms with Crippen LogP contribution in [0.3, 0.4) is 0 Å². The maximum atomic E-state index is 12.9. The summed E-state index contributed by atoms with van der Waals surface area (Å²) in [5, 5.41) is 8.17. The fourth-order valence-electron chi connectivity index (χ4n) is 3.58. The van der Waals surface area contributed by atoms with E-state index in [0.29, 0.717) is 25.3 Å². The molecule has 1 fully saturated rings. The molecule has 2 atom stereocenters. The van der Waals surface area contributed by atoms with E-state index in [4.69, 9.17) is 5.73 Å². The van der Waals surface area contributed by atoms with Gasteiger partial charge in [0.25, 0.3) is 5.91 Å². The van der Waals surface area contributed by atoms with Crippen molar-refractivity contribution in [2.75, 3.05) is 19.6 Å². The molecule has 2 N–H and O–H groups in total. The van der Waals surface area contributed by atoms with Gasteiger partial charge in [-0.15, -0.1) is 17.5 Å². The van der Waals surface area contributed by atoms with Gasteiger partial charge in [0.05, 0.1) is 11.9 Å². The Bertz CT molecular complexity index is 884. The minimum absolute atomic E-state index is 0. The largest absolute Gasteiger partial charge is 0.336 e. The molecule has 0 unspecified atom stereocenters. The van der Waals surface area contributed by atoms with Gasteiger partial charge in [-0.1, -0.05) is 53.7 Å². The van der Waals surface area contributed by atoms with Crippen LogP contribution in [0.1, 0.15) is 22.0 Å². The van der Waals surface area contributed by atoms with E-state index in [1.807, 2.05) is 53.4 Å². The van der Waals surface area contributed by atoms with Gasteiger partial charge in [-0.25, -0.2) is 4.68 Å². The molecule has 3 aromatic rings. The smallest absolute Gasteiger partial charge is 0.276 e. The van der Waals surface area contributed by atoms with E-state index in [2.05, 4.69) is 22.4 Å². The molecule has 27 heavy (non-hydrogen) atoms. The highest BCUT2D eigenvalue weighted by molar-refractivity contribution is 5.92. The number of nitrogens with two attached hydrogens (primary N) is 1. The second-order valence-electron chi connectivity index (χ2n) is 6.61. The van der Waals surface area contributed by atoms with E-state index in [9.17, 15) is 4.79 Å². The maximum Gasteiger partial charge on any atom is 0.276 e. The Morgan fingerprint density at radius 3 is 2.37 bits per heavy atom. The summed E-state index contributed by atoms with van der Waals surface area (Å²) in [6.07, 6.45) is 1.69. The van der Waals surface area contributed by atoms with E-state index in [1.54, 1.807) is 10.9 Å². The van der Waals surface area contributed by atoms with Gasteiger partial charge in [-0.3, -0.25) is 4.79 Å². The summed E-state index contributed by atoms with van der Waals surface area (Å²) in [5.41, 5.74) is 8.44. The third-order valence-electron chi connectivity index (χ3n) is 4.99. The molecule has 0 radical (unpaired) electrons. The lowest BCUT2D eigenvalue weighted by Crippen LogP contribution is -2.30. The van der Waals surface area contributed by atoms with Crippen LogP contribution in [0, 0.1) is 5.92 Å². The van der Waals surface area contributed by atoms with E-state index in [1.165, 1.54) is 5.56 Å². The molecule has 0 spiro atoms. The molecule has 1 amide bonds. The van der Waals surface area contributed by atoms with Crippen molar-refractivity contribution in [1.82, 2.24) is 19.9 Å². The number of nitrogens with zero attached hydrogens (tertiary/aromatic N) is 4. The number of carbonyl (C=O) groups excluding carboxylic acids is 1. The maximum absolute atomic E-state index is 12.9. The molecule has 2 aromatic carbocycles. The Morgan fingerprint density at radius 2 is 1.70 bits per heavy atom. The van der Waals surface area contributed by atoms with Gasteiger partial charge in [0.1, 0.15) is 0 Å². The molecule has 1 aromatic heterocycles. The summed E-state index contributed by atoms with van der Waals surface area (Å²) < 4.78 is 1.62. The number of para-hydroxylation sites is 1. The first-order valence-corrected chi connectivity index (χ1v) is 8.78. The first kappa shape index (κ1) is 19.1. The first-order chi connectivity index (χ1) is 12.8. The summed E-state index contributed by atoms with van der Waals surface area (Å²) in [7, 11) is 0. The van der Waals surface area contributed by atoms with E-state index in [0.717, 1.165) is 5.69 Å². The van der Waals surface area contributed by atoms with Crippen LogP contribution >= 0.6 is 12.4 Å². The van der Waals surface area contributed by atoms with Crippen LogP contribution in [0.5, 0.6) is 0 Å². The van der Waals surface area contributed by atoms with Crippen molar-refractivity contribution < 1.29 is 4.79 Å². The van der Waals surface area contributed by atoms with E-state index < -0.39 is 0 Å². The Labute approximate surface area is 164 Å². The van der Waals surface area contributed by atoms with Crippen LogP contribution in [0.2, 0.25) is 0 Å². The zero-order valence-electron chi connectivity index (χ0n) is 14.8. The number of likely N-dealkylation sites (tertiary alicyclic amines) is 1. The van der Waals surface area contributed by atoms with Crippen LogP contribution in [0.25, 0.3) is 5.69 Å². The highest BCUT2D eigenvalue weighted by Gasteiger charge is 2.36. The van der Waals surface area contributed by atoms with Gasteiger partial charge in [0, 0.05) is 19.0 Å². The number of hydrogen-bond donors (Lipinski definition) is 1. The summed E-state index contributed by atoms with van der Waals surface area (Å²) >= 11 is 0. The minimum Gasteiger partial charge on any atom is -0.336 e. The zero-order valence-corrected chi connectivity index (χ0v) is 15.6. The molecule has 0 bridgehead atoms. The number of amides is 1. The van der Waals surface area contributed by atoms with Gasteiger partial charge in [-0.2, -0.15) is 0 Å². The first-order valence-electron chi connectivity index (χ1n) is 8.78. The fourth-order valence-corrected chi connectivity index (χ4v) is 3.58. The number of halogens is 1. The third kappa shape index (κ3) is 3.86. The molecule has 7 heteroatoms. The molecule has 6 nitrogen and oxygen atoms in total. The molecule has 0 saturated carbocycles. The SMILES string of the molecule is Cl.NC[C@@H]1CN(C(=O)c2cn(-c3ccccc3)nn2)C[C@H]1c1ccccc1. The molecular weight excluding hydrogens is 362 g/mol. The van der Waals surface area contributed by atoms with Crippen molar-refractivity contribution in [3.05, 3.63) is 78.1 Å². The van der Waals surface area contributed by atoms with Crippen LogP contribution in [0.4, 0.5) is 0 Å². The summed E-state index contributed by atoms with van der Waals surface area (Å²) in [6, 6.07) is 19.9. The second kappa shape index (κ2) is 8.33. The van der Waals surface area contributed by atoms with Crippen molar-refractivity contribution in [2.45, 2.75) is 5.92 Å². The molecule has 1 aliphatic heterocycles. The van der Waals surface area contributed by atoms with Gasteiger partial charge in [0.15, 0.2) is 5.69 Å². The predicted octanol–water partition coefficient (Wildman–Crippen LogP) is 2.50. The number of hydrogen-bond acceptors (Lipinski definition) is 4.